The molecular weight excluding hydrogens is 264 g/mol. The standard InChI is InChI=1S/C17H24N2O2/c1-11(17(20)19-13-7-8-13)18-16-5-3-4-12-6-9-14(21-2)10-15(12)16/h6,9-11,13,16,18H,3-5,7-8H2,1-2H3,(H,19,20). The van der Waals surface area contributed by atoms with E-state index >= 15 is 0 Å². The molecule has 0 heterocycles. The van der Waals surface area contributed by atoms with Crippen LogP contribution in [0.4, 0.5) is 0 Å². The highest BCUT2D eigenvalue weighted by Crippen LogP contribution is 2.32. The zero-order valence-corrected chi connectivity index (χ0v) is 12.8. The first-order valence-corrected chi connectivity index (χ1v) is 7.90. The van der Waals surface area contributed by atoms with Gasteiger partial charge in [-0.1, -0.05) is 6.07 Å². The lowest BCUT2D eigenvalue weighted by Crippen LogP contribution is -2.45. The van der Waals surface area contributed by atoms with Gasteiger partial charge in [0.25, 0.3) is 0 Å². The monoisotopic (exact) mass is 288 g/mol. The van der Waals surface area contributed by atoms with Gasteiger partial charge in [-0.25, -0.2) is 0 Å². The van der Waals surface area contributed by atoms with E-state index in [0.29, 0.717) is 6.04 Å². The number of carbonyl (C=O) groups excluding carboxylic acids is 1. The molecule has 114 valence electrons. The lowest BCUT2D eigenvalue weighted by atomic mass is 9.87. The molecule has 2 aliphatic carbocycles. The molecule has 4 heteroatoms. The van der Waals surface area contributed by atoms with E-state index in [1.807, 2.05) is 13.0 Å². The van der Waals surface area contributed by atoms with Crippen molar-refractivity contribution in [3.63, 3.8) is 0 Å². The molecule has 3 rings (SSSR count). The maximum Gasteiger partial charge on any atom is 0.237 e. The number of hydrogen-bond acceptors (Lipinski definition) is 3. The van der Waals surface area contributed by atoms with E-state index in [4.69, 9.17) is 4.74 Å². The first-order valence-electron chi connectivity index (χ1n) is 7.90. The van der Waals surface area contributed by atoms with Gasteiger partial charge in [-0.2, -0.15) is 0 Å². The summed E-state index contributed by atoms with van der Waals surface area (Å²) in [6.07, 6.45) is 5.60. The normalized spacial score (nSPS) is 22.3. The Labute approximate surface area is 126 Å². The minimum Gasteiger partial charge on any atom is -0.497 e. The lowest BCUT2D eigenvalue weighted by molar-refractivity contribution is -0.123. The summed E-state index contributed by atoms with van der Waals surface area (Å²) in [7, 11) is 1.69. The molecule has 0 aromatic heterocycles. The molecule has 0 spiro atoms. The summed E-state index contributed by atoms with van der Waals surface area (Å²) >= 11 is 0. The van der Waals surface area contributed by atoms with Gasteiger partial charge < -0.3 is 10.1 Å². The Morgan fingerprint density at radius 2 is 2.14 bits per heavy atom. The third-order valence-corrected chi connectivity index (χ3v) is 4.44. The number of ether oxygens (including phenoxy) is 1. The van der Waals surface area contributed by atoms with Crippen LogP contribution in [0.5, 0.6) is 5.75 Å². The molecule has 0 bridgehead atoms. The van der Waals surface area contributed by atoms with Crippen LogP contribution in [0.3, 0.4) is 0 Å². The highest BCUT2D eigenvalue weighted by Gasteiger charge is 2.28. The number of nitrogens with one attached hydrogen (secondary N) is 2. The van der Waals surface area contributed by atoms with E-state index in [9.17, 15) is 4.79 Å². The first-order chi connectivity index (χ1) is 10.2. The van der Waals surface area contributed by atoms with Gasteiger partial charge in [-0.3, -0.25) is 10.1 Å². The molecule has 2 atom stereocenters. The summed E-state index contributed by atoms with van der Waals surface area (Å²) in [4.78, 5) is 12.1. The molecule has 0 aliphatic heterocycles. The quantitative estimate of drug-likeness (QED) is 0.874. The van der Waals surface area contributed by atoms with E-state index in [1.165, 1.54) is 11.1 Å². The number of rotatable bonds is 5. The van der Waals surface area contributed by atoms with Crippen molar-refractivity contribution in [2.75, 3.05) is 7.11 Å². The number of aryl methyl sites for hydroxylation is 1. The Bertz CT molecular complexity index is 526. The number of benzene rings is 1. The van der Waals surface area contributed by atoms with E-state index in [-0.39, 0.29) is 18.0 Å². The molecule has 1 fully saturated rings. The fourth-order valence-corrected chi connectivity index (χ4v) is 3.01. The second-order valence-corrected chi connectivity index (χ2v) is 6.18. The third kappa shape index (κ3) is 3.38. The first kappa shape index (κ1) is 14.4. The van der Waals surface area contributed by atoms with E-state index < -0.39 is 0 Å². The topological polar surface area (TPSA) is 50.4 Å². The predicted octanol–water partition coefficient (Wildman–Crippen LogP) is 2.33. The van der Waals surface area contributed by atoms with Crippen LogP contribution >= 0.6 is 0 Å². The number of fused-ring (bicyclic) bond motifs is 1. The molecule has 0 radical (unpaired) electrons. The fourth-order valence-electron chi connectivity index (χ4n) is 3.01. The molecular formula is C17H24N2O2. The van der Waals surface area contributed by atoms with Gasteiger partial charge in [0.2, 0.25) is 5.91 Å². The Kier molecular flexibility index (Phi) is 4.15. The van der Waals surface area contributed by atoms with Crippen LogP contribution in [0, 0.1) is 0 Å². The van der Waals surface area contributed by atoms with Crippen LogP contribution in [0.1, 0.15) is 49.8 Å². The van der Waals surface area contributed by atoms with Crippen LogP contribution < -0.4 is 15.4 Å². The van der Waals surface area contributed by atoms with Crippen molar-refractivity contribution in [2.24, 2.45) is 0 Å². The Balaban J connectivity index is 1.70. The average molecular weight is 288 g/mol. The number of carbonyl (C=O) groups is 1. The van der Waals surface area contributed by atoms with Crippen LogP contribution in [0.2, 0.25) is 0 Å². The van der Waals surface area contributed by atoms with Gasteiger partial charge in [0.05, 0.1) is 13.2 Å². The molecule has 2 aliphatic rings. The van der Waals surface area contributed by atoms with Gasteiger partial charge in [0.15, 0.2) is 0 Å². The van der Waals surface area contributed by atoms with Crippen molar-refractivity contribution < 1.29 is 9.53 Å². The predicted molar refractivity (Wildman–Crippen MR) is 82.4 cm³/mol. The zero-order valence-electron chi connectivity index (χ0n) is 12.8. The molecule has 1 aromatic rings. The summed E-state index contributed by atoms with van der Waals surface area (Å²) in [6.45, 7) is 1.95. The minimum atomic E-state index is -0.159. The van der Waals surface area contributed by atoms with Crippen LogP contribution in [-0.4, -0.2) is 25.1 Å². The molecule has 2 unspecified atom stereocenters. The highest BCUT2D eigenvalue weighted by molar-refractivity contribution is 5.81. The molecule has 21 heavy (non-hydrogen) atoms. The highest BCUT2D eigenvalue weighted by atomic mass is 16.5. The van der Waals surface area contributed by atoms with Crippen LogP contribution in [0.15, 0.2) is 18.2 Å². The van der Waals surface area contributed by atoms with Crippen molar-refractivity contribution in [3.8, 4) is 5.75 Å². The largest absolute Gasteiger partial charge is 0.497 e. The summed E-state index contributed by atoms with van der Waals surface area (Å²) in [5, 5.41) is 6.56. The van der Waals surface area contributed by atoms with E-state index in [2.05, 4.69) is 22.8 Å². The Morgan fingerprint density at radius 3 is 2.86 bits per heavy atom. The zero-order chi connectivity index (χ0) is 14.8. The van der Waals surface area contributed by atoms with Crippen molar-refractivity contribution in [3.05, 3.63) is 29.3 Å². The van der Waals surface area contributed by atoms with Crippen molar-refractivity contribution in [1.29, 1.82) is 0 Å². The summed E-state index contributed by atoms with van der Waals surface area (Å²) in [5.74, 6) is 1.00. The number of methoxy groups -OCH3 is 1. The van der Waals surface area contributed by atoms with Gasteiger partial charge in [0, 0.05) is 12.1 Å². The molecule has 1 saturated carbocycles. The molecule has 0 saturated heterocycles. The minimum absolute atomic E-state index is 0.118. The van der Waals surface area contributed by atoms with Gasteiger partial charge >= 0.3 is 0 Å². The van der Waals surface area contributed by atoms with Gasteiger partial charge in [0.1, 0.15) is 5.75 Å². The molecule has 1 aromatic carbocycles. The van der Waals surface area contributed by atoms with Gasteiger partial charge in [-0.15, -0.1) is 0 Å². The summed E-state index contributed by atoms with van der Waals surface area (Å²) in [6, 6.07) is 6.77. The SMILES string of the molecule is COc1ccc2c(c1)C(NC(C)C(=O)NC1CC1)CCC2. The third-order valence-electron chi connectivity index (χ3n) is 4.44. The Morgan fingerprint density at radius 1 is 1.33 bits per heavy atom. The van der Waals surface area contributed by atoms with E-state index in [0.717, 1.165) is 37.9 Å². The van der Waals surface area contributed by atoms with Crippen molar-refractivity contribution in [1.82, 2.24) is 10.6 Å². The summed E-state index contributed by atoms with van der Waals surface area (Å²) < 4.78 is 5.33. The smallest absolute Gasteiger partial charge is 0.237 e. The molecule has 2 N–H and O–H groups in total. The average Bonchev–Trinajstić information content (AvgIpc) is 3.31. The van der Waals surface area contributed by atoms with E-state index in [1.54, 1.807) is 7.11 Å². The maximum atomic E-state index is 12.1. The van der Waals surface area contributed by atoms with Crippen molar-refractivity contribution in [2.45, 2.75) is 57.2 Å². The fraction of sp³-hybridized carbons (Fsp3) is 0.588. The van der Waals surface area contributed by atoms with Crippen molar-refractivity contribution >= 4 is 5.91 Å². The summed E-state index contributed by atoms with van der Waals surface area (Å²) in [5.41, 5.74) is 2.65. The second-order valence-electron chi connectivity index (χ2n) is 6.18. The van der Waals surface area contributed by atoms with Crippen LogP contribution in [-0.2, 0) is 11.2 Å². The number of amides is 1. The lowest BCUT2D eigenvalue weighted by Gasteiger charge is -2.29. The Hall–Kier alpha value is -1.55. The maximum absolute atomic E-state index is 12.1. The van der Waals surface area contributed by atoms with Crippen LogP contribution in [0.25, 0.3) is 0 Å². The molecule has 4 nitrogen and oxygen atoms in total. The number of hydrogen-bond donors (Lipinski definition) is 2. The van der Waals surface area contributed by atoms with Gasteiger partial charge in [-0.05, 0) is 62.3 Å². The second kappa shape index (κ2) is 6.06. The molecule has 1 amide bonds.